The fourth-order valence-corrected chi connectivity index (χ4v) is 6.46. The van der Waals surface area contributed by atoms with Crippen molar-refractivity contribution in [3.05, 3.63) is 82.8 Å². The molecule has 2 aliphatic heterocycles. The number of halogens is 1. The Labute approximate surface area is 268 Å². The first-order valence-electron chi connectivity index (χ1n) is 16.4. The molecule has 0 spiro atoms. The van der Waals surface area contributed by atoms with E-state index in [9.17, 15) is 23.9 Å². The molecule has 0 radical (unpaired) electrons. The van der Waals surface area contributed by atoms with E-state index in [1.54, 1.807) is 6.07 Å². The van der Waals surface area contributed by atoms with E-state index in [1.807, 2.05) is 6.92 Å². The number of β-amino-alcohol motifs (C(OH)–C–C–N with tert-alkyl or cyclic N) is 1. The van der Waals surface area contributed by atoms with Gasteiger partial charge in [-0.2, -0.15) is 0 Å². The number of carbonyl (C=O) groups is 3. The number of carbonyl (C=O) groups excluding carboxylic acids is 3. The summed E-state index contributed by atoms with van der Waals surface area (Å²) in [4.78, 5) is 47.6. The SMILES string of the molecule is C[C@H](NC(=O)[C@@H]1C[C@@H](O)CN1C(=O)CNC(=O)c1ccc2cc(F)ccc2n1)c1ccc(CN2CCCCC2)cc1/C=C/C1CC1. The van der Waals surface area contributed by atoms with E-state index < -0.39 is 29.8 Å². The van der Waals surface area contributed by atoms with Gasteiger partial charge in [0.15, 0.2) is 0 Å². The van der Waals surface area contributed by atoms with Crippen LogP contribution in [0.4, 0.5) is 4.39 Å². The number of nitrogens with zero attached hydrogens (tertiary/aromatic N) is 3. The van der Waals surface area contributed by atoms with Gasteiger partial charge in [0, 0.05) is 24.9 Å². The molecule has 3 atom stereocenters. The Balaban J connectivity index is 1.09. The van der Waals surface area contributed by atoms with Crippen LogP contribution in [0.3, 0.4) is 0 Å². The molecule has 0 bridgehead atoms. The molecule has 3 aliphatic rings. The quantitative estimate of drug-likeness (QED) is 0.308. The van der Waals surface area contributed by atoms with Gasteiger partial charge in [-0.1, -0.05) is 42.8 Å². The predicted octanol–water partition coefficient (Wildman–Crippen LogP) is 4.35. The number of fused-ring (bicyclic) bond motifs is 1. The van der Waals surface area contributed by atoms with Gasteiger partial charge < -0.3 is 20.6 Å². The summed E-state index contributed by atoms with van der Waals surface area (Å²) in [5.41, 5.74) is 3.89. The summed E-state index contributed by atoms with van der Waals surface area (Å²) in [6.45, 7) is 4.74. The van der Waals surface area contributed by atoms with Gasteiger partial charge in [0.2, 0.25) is 11.8 Å². The van der Waals surface area contributed by atoms with Gasteiger partial charge in [0.25, 0.3) is 5.91 Å². The highest BCUT2D eigenvalue weighted by Crippen LogP contribution is 2.32. The van der Waals surface area contributed by atoms with Crippen LogP contribution in [0.5, 0.6) is 0 Å². The highest BCUT2D eigenvalue weighted by atomic mass is 19.1. The third kappa shape index (κ3) is 7.79. The van der Waals surface area contributed by atoms with E-state index in [2.05, 4.69) is 50.9 Å². The summed E-state index contributed by atoms with van der Waals surface area (Å²) in [6, 6.07) is 12.4. The summed E-state index contributed by atoms with van der Waals surface area (Å²) < 4.78 is 13.5. The maximum absolute atomic E-state index is 13.5. The van der Waals surface area contributed by atoms with E-state index in [-0.39, 0.29) is 37.2 Å². The van der Waals surface area contributed by atoms with Gasteiger partial charge in [0.05, 0.1) is 24.2 Å². The van der Waals surface area contributed by atoms with Crippen molar-refractivity contribution in [1.29, 1.82) is 0 Å². The summed E-state index contributed by atoms with van der Waals surface area (Å²) in [6.07, 6.45) is 9.89. The third-order valence-electron chi connectivity index (χ3n) is 9.19. The molecule has 2 saturated heterocycles. The fraction of sp³-hybridized carbons (Fsp3) is 0.444. The standard InChI is InChI=1S/C36H42FN5O4/c1-23(30-12-8-25(21-41-15-3-2-4-16-41)17-26(30)9-7-24-5-6-24)39-36(46)33-19-29(43)22-42(33)34(44)20-38-35(45)32-13-10-27-18-28(37)11-14-31(27)40-32/h7-14,17-18,23-24,29,33,43H,2-6,15-16,19-22H2,1H3,(H,38,45)(H,39,46)/b9-7+/t23-,29+,33-/m0/s1. The molecule has 1 saturated carbocycles. The van der Waals surface area contributed by atoms with E-state index >= 15 is 0 Å². The molecule has 3 amide bonds. The van der Waals surface area contributed by atoms with Gasteiger partial charge in [-0.25, -0.2) is 9.37 Å². The topological polar surface area (TPSA) is 115 Å². The van der Waals surface area contributed by atoms with Crippen molar-refractivity contribution >= 4 is 34.7 Å². The number of aromatic nitrogens is 1. The molecule has 242 valence electrons. The number of piperidine rings is 1. The van der Waals surface area contributed by atoms with Crippen molar-refractivity contribution in [2.45, 2.75) is 70.2 Å². The molecule has 1 aromatic heterocycles. The minimum Gasteiger partial charge on any atom is -0.391 e. The van der Waals surface area contributed by atoms with Crippen LogP contribution < -0.4 is 10.6 Å². The molecular weight excluding hydrogens is 585 g/mol. The van der Waals surface area contributed by atoms with Crippen LogP contribution in [0.2, 0.25) is 0 Å². The summed E-state index contributed by atoms with van der Waals surface area (Å²) in [5.74, 6) is -1.17. The van der Waals surface area contributed by atoms with Gasteiger partial charge in [0.1, 0.15) is 17.6 Å². The van der Waals surface area contributed by atoms with E-state index in [1.165, 1.54) is 66.8 Å². The Morgan fingerprint density at radius 3 is 2.65 bits per heavy atom. The average Bonchev–Trinajstić information content (AvgIpc) is 3.81. The predicted molar refractivity (Wildman–Crippen MR) is 174 cm³/mol. The molecule has 0 unspecified atom stereocenters. The molecular formula is C36H42FN5O4. The normalized spacial score (nSPS) is 21.1. The van der Waals surface area contributed by atoms with Crippen LogP contribution in [-0.4, -0.2) is 75.9 Å². The molecule has 3 aromatic rings. The first-order chi connectivity index (χ1) is 22.2. The van der Waals surface area contributed by atoms with Crippen LogP contribution in [-0.2, 0) is 16.1 Å². The number of hydrogen-bond donors (Lipinski definition) is 3. The second kappa shape index (κ2) is 14.1. The second-order valence-electron chi connectivity index (χ2n) is 12.9. The van der Waals surface area contributed by atoms with Crippen molar-refractivity contribution in [3.63, 3.8) is 0 Å². The van der Waals surface area contributed by atoms with Crippen molar-refractivity contribution in [2.24, 2.45) is 5.92 Å². The zero-order valence-electron chi connectivity index (χ0n) is 26.3. The number of nitrogens with one attached hydrogen (secondary N) is 2. The second-order valence-corrected chi connectivity index (χ2v) is 12.9. The van der Waals surface area contributed by atoms with Crippen LogP contribution in [0.15, 0.2) is 54.6 Å². The number of aliphatic hydroxyl groups is 1. The highest BCUT2D eigenvalue weighted by molar-refractivity contribution is 5.97. The Hall–Kier alpha value is -4.15. The lowest BCUT2D eigenvalue weighted by Gasteiger charge is -2.27. The van der Waals surface area contributed by atoms with Crippen molar-refractivity contribution < 1.29 is 23.9 Å². The van der Waals surface area contributed by atoms with Crippen LogP contribution >= 0.6 is 0 Å². The molecule has 10 heteroatoms. The lowest BCUT2D eigenvalue weighted by Crippen LogP contribution is -2.49. The lowest BCUT2D eigenvalue weighted by molar-refractivity contribution is -0.138. The summed E-state index contributed by atoms with van der Waals surface area (Å²) in [5, 5.41) is 16.6. The van der Waals surface area contributed by atoms with E-state index in [0.29, 0.717) is 16.8 Å². The van der Waals surface area contributed by atoms with Crippen molar-refractivity contribution in [1.82, 2.24) is 25.4 Å². The van der Waals surface area contributed by atoms with Gasteiger partial charge in [-0.3, -0.25) is 19.3 Å². The largest absolute Gasteiger partial charge is 0.391 e. The Bertz CT molecular complexity index is 1630. The molecule has 3 fully saturated rings. The maximum atomic E-state index is 13.5. The molecule has 1 aliphatic carbocycles. The average molecular weight is 628 g/mol. The summed E-state index contributed by atoms with van der Waals surface area (Å²) in [7, 11) is 0. The Kier molecular flexibility index (Phi) is 9.75. The number of benzene rings is 2. The minimum atomic E-state index is -0.862. The van der Waals surface area contributed by atoms with E-state index in [4.69, 9.17) is 0 Å². The number of amides is 3. The lowest BCUT2D eigenvalue weighted by atomic mass is 9.97. The molecule has 46 heavy (non-hydrogen) atoms. The smallest absolute Gasteiger partial charge is 0.270 e. The number of rotatable bonds is 10. The monoisotopic (exact) mass is 627 g/mol. The number of pyridine rings is 1. The first-order valence-corrected chi connectivity index (χ1v) is 16.4. The minimum absolute atomic E-state index is 0.00152. The third-order valence-corrected chi connectivity index (χ3v) is 9.19. The number of likely N-dealkylation sites (tertiary alicyclic amines) is 2. The van der Waals surface area contributed by atoms with Crippen molar-refractivity contribution in [2.75, 3.05) is 26.2 Å². The number of allylic oxidation sites excluding steroid dienone is 1. The molecule has 6 rings (SSSR count). The maximum Gasteiger partial charge on any atom is 0.270 e. The van der Waals surface area contributed by atoms with Crippen LogP contribution in [0, 0.1) is 11.7 Å². The highest BCUT2D eigenvalue weighted by Gasteiger charge is 2.39. The fourth-order valence-electron chi connectivity index (χ4n) is 6.46. The zero-order chi connectivity index (χ0) is 32.2. The molecule has 9 nitrogen and oxygen atoms in total. The number of hydrogen-bond acceptors (Lipinski definition) is 6. The van der Waals surface area contributed by atoms with Gasteiger partial charge in [-0.05, 0) is 92.6 Å². The van der Waals surface area contributed by atoms with Crippen LogP contribution in [0.25, 0.3) is 17.0 Å². The van der Waals surface area contributed by atoms with Crippen LogP contribution in [0.1, 0.15) is 78.7 Å². The summed E-state index contributed by atoms with van der Waals surface area (Å²) >= 11 is 0. The Morgan fingerprint density at radius 2 is 1.87 bits per heavy atom. The first kappa shape index (κ1) is 31.8. The Morgan fingerprint density at radius 1 is 1.07 bits per heavy atom. The van der Waals surface area contributed by atoms with E-state index in [0.717, 1.165) is 30.8 Å². The van der Waals surface area contributed by atoms with Crippen molar-refractivity contribution in [3.8, 4) is 0 Å². The molecule has 2 aromatic carbocycles. The number of aliphatic hydroxyl groups excluding tert-OH is 1. The molecule has 3 heterocycles. The molecule has 3 N–H and O–H groups in total. The zero-order valence-corrected chi connectivity index (χ0v) is 26.3. The van der Waals surface area contributed by atoms with Gasteiger partial charge >= 0.3 is 0 Å². The van der Waals surface area contributed by atoms with Gasteiger partial charge in [-0.15, -0.1) is 0 Å².